The average molecular weight is 273 g/mol. The Hall–Kier alpha value is -0.310. The van der Waals surface area contributed by atoms with E-state index in [1.54, 1.807) is 6.07 Å². The summed E-state index contributed by atoms with van der Waals surface area (Å²) < 4.78 is 0. The topological polar surface area (TPSA) is 16.1 Å². The summed E-state index contributed by atoms with van der Waals surface area (Å²) in [5.41, 5.74) is 0.890. The third-order valence-electron chi connectivity index (χ3n) is 3.68. The minimum atomic E-state index is 0.517. The first-order valence-corrected chi connectivity index (χ1v) is 6.85. The third-order valence-corrected chi connectivity index (χ3v) is 4.23. The van der Waals surface area contributed by atoms with Crippen LogP contribution in [0.1, 0.15) is 26.0 Å². The predicted octanol–water partition coefficient (Wildman–Crippen LogP) is 3.87. The Morgan fingerprint density at radius 3 is 2.76 bits per heavy atom. The fraction of sp³-hybridized carbons (Fsp3) is 0.615. The molecule has 0 radical (unpaired) electrons. The van der Waals surface area contributed by atoms with Gasteiger partial charge < -0.3 is 0 Å². The van der Waals surface area contributed by atoms with Gasteiger partial charge in [0.1, 0.15) is 5.15 Å². The molecule has 4 heteroatoms. The molecule has 94 valence electrons. The van der Waals surface area contributed by atoms with E-state index in [9.17, 15) is 0 Å². The Bertz CT molecular complexity index is 395. The summed E-state index contributed by atoms with van der Waals surface area (Å²) in [6, 6.07) is 3.55. The van der Waals surface area contributed by atoms with Gasteiger partial charge in [0.15, 0.2) is 0 Å². The van der Waals surface area contributed by atoms with Crippen molar-refractivity contribution in [1.29, 1.82) is 0 Å². The standard InChI is InChI=1S/C13H18Cl2N2/c1-9-5-6-17(7-10(9)2)8-12-11(14)3-4-13(15)16-12/h3-4,9-10H,5-8H2,1-2H3. The molecular formula is C13H18Cl2N2. The molecule has 2 heterocycles. The highest BCUT2D eigenvalue weighted by Crippen LogP contribution is 2.25. The van der Waals surface area contributed by atoms with Crippen LogP contribution in [0, 0.1) is 11.8 Å². The molecule has 0 N–H and O–H groups in total. The van der Waals surface area contributed by atoms with Gasteiger partial charge >= 0.3 is 0 Å². The largest absolute Gasteiger partial charge is 0.297 e. The molecule has 2 atom stereocenters. The number of piperidine rings is 1. The minimum Gasteiger partial charge on any atom is -0.297 e. The molecule has 1 aromatic rings. The Kier molecular flexibility index (Phi) is 4.29. The number of nitrogens with zero attached hydrogens (tertiary/aromatic N) is 2. The van der Waals surface area contributed by atoms with Gasteiger partial charge in [0.2, 0.25) is 0 Å². The summed E-state index contributed by atoms with van der Waals surface area (Å²) in [4.78, 5) is 6.71. The van der Waals surface area contributed by atoms with Crippen molar-refractivity contribution in [2.75, 3.05) is 13.1 Å². The first kappa shape index (κ1) is 13.1. The van der Waals surface area contributed by atoms with Crippen LogP contribution in [0.3, 0.4) is 0 Å². The summed E-state index contributed by atoms with van der Waals surface area (Å²) in [6.07, 6.45) is 1.25. The molecule has 2 nitrogen and oxygen atoms in total. The first-order valence-electron chi connectivity index (χ1n) is 6.09. The molecule has 1 aromatic heterocycles. The Balaban J connectivity index is 2.03. The maximum absolute atomic E-state index is 6.13. The number of rotatable bonds is 2. The number of pyridine rings is 1. The van der Waals surface area contributed by atoms with Crippen LogP contribution < -0.4 is 0 Å². The van der Waals surface area contributed by atoms with Gasteiger partial charge in [-0.3, -0.25) is 4.90 Å². The molecule has 1 saturated heterocycles. The number of aromatic nitrogens is 1. The van der Waals surface area contributed by atoms with Gasteiger partial charge in [-0.2, -0.15) is 0 Å². The predicted molar refractivity (Wildman–Crippen MR) is 72.5 cm³/mol. The van der Waals surface area contributed by atoms with E-state index in [-0.39, 0.29) is 0 Å². The van der Waals surface area contributed by atoms with Crippen molar-refractivity contribution in [3.63, 3.8) is 0 Å². The van der Waals surface area contributed by atoms with E-state index in [4.69, 9.17) is 23.2 Å². The van der Waals surface area contributed by atoms with Crippen LogP contribution >= 0.6 is 23.2 Å². The lowest BCUT2D eigenvalue weighted by molar-refractivity contribution is 0.131. The van der Waals surface area contributed by atoms with Crippen LogP contribution in [0.5, 0.6) is 0 Å². The highest BCUT2D eigenvalue weighted by Gasteiger charge is 2.23. The van der Waals surface area contributed by atoms with E-state index >= 15 is 0 Å². The molecule has 0 aliphatic carbocycles. The van der Waals surface area contributed by atoms with Crippen LogP contribution in [-0.2, 0) is 6.54 Å². The maximum Gasteiger partial charge on any atom is 0.129 e. The Morgan fingerprint density at radius 1 is 1.29 bits per heavy atom. The zero-order valence-electron chi connectivity index (χ0n) is 10.3. The fourth-order valence-electron chi connectivity index (χ4n) is 2.27. The van der Waals surface area contributed by atoms with Gasteiger partial charge in [0.05, 0.1) is 10.7 Å². The summed E-state index contributed by atoms with van der Waals surface area (Å²) in [6.45, 7) is 7.68. The van der Waals surface area contributed by atoms with Gasteiger partial charge in [-0.25, -0.2) is 4.98 Å². The van der Waals surface area contributed by atoms with E-state index in [0.717, 1.165) is 37.2 Å². The second kappa shape index (κ2) is 5.55. The molecular weight excluding hydrogens is 255 g/mol. The van der Waals surface area contributed by atoms with Crippen molar-refractivity contribution in [2.45, 2.75) is 26.8 Å². The average Bonchev–Trinajstić information content (AvgIpc) is 2.29. The Morgan fingerprint density at radius 2 is 2.06 bits per heavy atom. The number of halogens is 2. The number of likely N-dealkylation sites (tertiary alicyclic amines) is 1. The van der Waals surface area contributed by atoms with Gasteiger partial charge in [-0.1, -0.05) is 37.0 Å². The molecule has 0 bridgehead atoms. The molecule has 2 rings (SSSR count). The summed E-state index contributed by atoms with van der Waals surface area (Å²) >= 11 is 12.0. The van der Waals surface area contributed by atoms with E-state index in [0.29, 0.717) is 10.2 Å². The van der Waals surface area contributed by atoms with E-state index in [2.05, 4.69) is 23.7 Å². The minimum absolute atomic E-state index is 0.517. The van der Waals surface area contributed by atoms with Crippen molar-refractivity contribution in [1.82, 2.24) is 9.88 Å². The van der Waals surface area contributed by atoms with Gasteiger partial charge in [-0.05, 0) is 36.9 Å². The molecule has 1 aliphatic rings. The van der Waals surface area contributed by atoms with Gasteiger partial charge in [0.25, 0.3) is 0 Å². The smallest absolute Gasteiger partial charge is 0.129 e. The zero-order chi connectivity index (χ0) is 12.4. The molecule has 1 fully saturated rings. The van der Waals surface area contributed by atoms with Crippen LogP contribution in [0.4, 0.5) is 0 Å². The second-order valence-electron chi connectivity index (χ2n) is 5.04. The SMILES string of the molecule is CC1CCN(Cc2nc(Cl)ccc2Cl)CC1C. The van der Waals surface area contributed by atoms with E-state index in [1.807, 2.05) is 6.07 Å². The number of hydrogen-bond acceptors (Lipinski definition) is 2. The van der Waals surface area contributed by atoms with Crippen LogP contribution in [0.2, 0.25) is 10.2 Å². The molecule has 17 heavy (non-hydrogen) atoms. The molecule has 2 unspecified atom stereocenters. The van der Waals surface area contributed by atoms with Gasteiger partial charge in [-0.15, -0.1) is 0 Å². The van der Waals surface area contributed by atoms with Crippen molar-refractivity contribution in [2.24, 2.45) is 11.8 Å². The Labute approximate surface area is 113 Å². The van der Waals surface area contributed by atoms with E-state index < -0.39 is 0 Å². The second-order valence-corrected chi connectivity index (χ2v) is 5.84. The van der Waals surface area contributed by atoms with Crippen LogP contribution in [0.25, 0.3) is 0 Å². The maximum atomic E-state index is 6.13. The summed E-state index contributed by atoms with van der Waals surface area (Å²) in [7, 11) is 0. The quantitative estimate of drug-likeness (QED) is 0.760. The summed E-state index contributed by atoms with van der Waals surface area (Å²) in [5.74, 6) is 1.55. The zero-order valence-corrected chi connectivity index (χ0v) is 11.8. The highest BCUT2D eigenvalue weighted by atomic mass is 35.5. The van der Waals surface area contributed by atoms with E-state index in [1.165, 1.54) is 6.42 Å². The van der Waals surface area contributed by atoms with Crippen molar-refractivity contribution >= 4 is 23.2 Å². The molecule has 0 amide bonds. The summed E-state index contributed by atoms with van der Waals surface area (Å²) in [5, 5.41) is 1.23. The van der Waals surface area contributed by atoms with Crippen molar-refractivity contribution in [3.05, 3.63) is 28.0 Å². The molecule has 1 aliphatic heterocycles. The first-order chi connectivity index (χ1) is 8.06. The lowest BCUT2D eigenvalue weighted by atomic mass is 9.88. The molecule has 0 saturated carbocycles. The molecule has 0 aromatic carbocycles. The normalized spacial score (nSPS) is 26.1. The van der Waals surface area contributed by atoms with Crippen molar-refractivity contribution in [3.8, 4) is 0 Å². The lowest BCUT2D eigenvalue weighted by Crippen LogP contribution is -2.38. The third kappa shape index (κ3) is 3.34. The highest BCUT2D eigenvalue weighted by molar-refractivity contribution is 6.32. The molecule has 0 spiro atoms. The fourth-order valence-corrected chi connectivity index (χ4v) is 2.60. The van der Waals surface area contributed by atoms with Crippen molar-refractivity contribution < 1.29 is 0 Å². The van der Waals surface area contributed by atoms with Crippen LogP contribution in [-0.4, -0.2) is 23.0 Å². The van der Waals surface area contributed by atoms with Gasteiger partial charge in [0, 0.05) is 13.1 Å². The lowest BCUT2D eigenvalue weighted by Gasteiger charge is -2.35. The number of hydrogen-bond donors (Lipinski definition) is 0. The monoisotopic (exact) mass is 272 g/mol. The van der Waals surface area contributed by atoms with Crippen LogP contribution in [0.15, 0.2) is 12.1 Å².